The van der Waals surface area contributed by atoms with Crippen LogP contribution in [0.25, 0.3) is 0 Å². The second-order valence-corrected chi connectivity index (χ2v) is 5.30. The van der Waals surface area contributed by atoms with Crippen LogP contribution in [-0.4, -0.2) is 60.3 Å². The Balaban J connectivity index is 2.75. The van der Waals surface area contributed by atoms with E-state index in [4.69, 9.17) is 10.2 Å². The Bertz CT molecular complexity index is 298. The standard InChI is InChI=1S/C6H11NO5S/c8-4-5-3-7(6(9)10)1-2-13(5,11)12/h5,8H,1-4H2,(H,9,10). The van der Waals surface area contributed by atoms with E-state index in [1.807, 2.05) is 0 Å². The van der Waals surface area contributed by atoms with Crippen LogP contribution in [0.15, 0.2) is 0 Å². The predicted molar refractivity (Wildman–Crippen MR) is 44.3 cm³/mol. The number of aliphatic hydroxyl groups is 1. The second-order valence-electron chi connectivity index (χ2n) is 2.90. The number of hydrogen-bond acceptors (Lipinski definition) is 4. The molecule has 0 aromatic carbocycles. The molecule has 2 N–H and O–H groups in total. The number of nitrogens with zero attached hydrogens (tertiary/aromatic N) is 1. The van der Waals surface area contributed by atoms with E-state index >= 15 is 0 Å². The van der Waals surface area contributed by atoms with Crippen molar-refractivity contribution in [1.82, 2.24) is 4.90 Å². The van der Waals surface area contributed by atoms with Crippen molar-refractivity contribution >= 4 is 15.9 Å². The Morgan fingerprint density at radius 1 is 1.54 bits per heavy atom. The molecule has 1 unspecified atom stereocenters. The number of amides is 1. The molecule has 1 aliphatic heterocycles. The van der Waals surface area contributed by atoms with Crippen molar-refractivity contribution in [2.45, 2.75) is 5.25 Å². The van der Waals surface area contributed by atoms with E-state index in [0.29, 0.717) is 0 Å². The van der Waals surface area contributed by atoms with Crippen LogP contribution in [0.3, 0.4) is 0 Å². The van der Waals surface area contributed by atoms with Crippen molar-refractivity contribution in [2.75, 3.05) is 25.4 Å². The van der Waals surface area contributed by atoms with Gasteiger partial charge in [-0.15, -0.1) is 0 Å². The molecule has 0 spiro atoms. The first-order valence-corrected chi connectivity index (χ1v) is 5.49. The number of hydrogen-bond donors (Lipinski definition) is 2. The van der Waals surface area contributed by atoms with Crippen LogP contribution < -0.4 is 0 Å². The first kappa shape index (κ1) is 10.3. The third-order valence-corrected chi connectivity index (χ3v) is 4.12. The van der Waals surface area contributed by atoms with E-state index in [2.05, 4.69) is 0 Å². The number of sulfone groups is 1. The van der Waals surface area contributed by atoms with E-state index in [0.717, 1.165) is 4.90 Å². The lowest BCUT2D eigenvalue weighted by Gasteiger charge is -2.29. The lowest BCUT2D eigenvalue weighted by atomic mass is 10.4. The summed E-state index contributed by atoms with van der Waals surface area (Å²) in [7, 11) is -3.30. The minimum absolute atomic E-state index is 0.00579. The van der Waals surface area contributed by atoms with Crippen molar-refractivity contribution in [1.29, 1.82) is 0 Å². The number of carboxylic acid groups (broad SMARTS) is 1. The lowest BCUT2D eigenvalue weighted by Crippen LogP contribution is -2.50. The summed E-state index contributed by atoms with van der Waals surface area (Å²) in [6.07, 6.45) is -1.15. The summed E-state index contributed by atoms with van der Waals surface area (Å²) in [5, 5.41) is 16.3. The smallest absolute Gasteiger partial charge is 0.407 e. The summed E-state index contributed by atoms with van der Waals surface area (Å²) >= 11 is 0. The van der Waals surface area contributed by atoms with Gasteiger partial charge in [-0.3, -0.25) is 0 Å². The molecule has 0 bridgehead atoms. The molecule has 76 valence electrons. The number of rotatable bonds is 1. The molecule has 1 rings (SSSR count). The molecule has 13 heavy (non-hydrogen) atoms. The van der Waals surface area contributed by atoms with E-state index in [-0.39, 0.29) is 18.8 Å². The Morgan fingerprint density at radius 2 is 2.15 bits per heavy atom. The van der Waals surface area contributed by atoms with Gasteiger partial charge in [-0.05, 0) is 0 Å². The third kappa shape index (κ3) is 2.10. The molecular weight excluding hydrogens is 198 g/mol. The van der Waals surface area contributed by atoms with Gasteiger partial charge < -0.3 is 15.1 Å². The fraction of sp³-hybridized carbons (Fsp3) is 0.833. The monoisotopic (exact) mass is 209 g/mol. The van der Waals surface area contributed by atoms with Crippen LogP contribution in [0, 0.1) is 0 Å². The Labute approximate surface area is 75.7 Å². The molecular formula is C6H11NO5S. The molecule has 1 atom stereocenters. The summed E-state index contributed by atoms with van der Waals surface area (Å²) in [6.45, 7) is -0.658. The quantitative estimate of drug-likeness (QED) is 0.563. The predicted octanol–water partition coefficient (Wildman–Crippen LogP) is -1.24. The summed E-state index contributed by atoms with van der Waals surface area (Å²) < 4.78 is 22.4. The third-order valence-electron chi connectivity index (χ3n) is 2.05. The normalized spacial score (nSPS) is 27.2. The molecule has 1 fully saturated rings. The second kappa shape index (κ2) is 3.51. The SMILES string of the molecule is O=C(O)N1CCS(=O)(=O)C(CO)C1. The summed E-state index contributed by atoms with van der Waals surface area (Å²) in [5.41, 5.74) is 0. The molecule has 7 heteroatoms. The van der Waals surface area contributed by atoms with Gasteiger partial charge in [0.15, 0.2) is 9.84 Å². The van der Waals surface area contributed by atoms with Crippen molar-refractivity contribution in [3.63, 3.8) is 0 Å². The highest BCUT2D eigenvalue weighted by atomic mass is 32.2. The molecule has 1 heterocycles. The van der Waals surface area contributed by atoms with Crippen molar-refractivity contribution in [2.24, 2.45) is 0 Å². The largest absolute Gasteiger partial charge is 0.465 e. The van der Waals surface area contributed by atoms with Crippen LogP contribution >= 0.6 is 0 Å². The van der Waals surface area contributed by atoms with Gasteiger partial charge in [-0.25, -0.2) is 13.2 Å². The van der Waals surface area contributed by atoms with E-state index in [1.54, 1.807) is 0 Å². The van der Waals surface area contributed by atoms with Gasteiger partial charge >= 0.3 is 6.09 Å². The topological polar surface area (TPSA) is 94.9 Å². The first-order chi connectivity index (χ1) is 5.97. The number of carbonyl (C=O) groups is 1. The summed E-state index contributed by atoms with van der Waals surface area (Å²) in [5.74, 6) is -0.204. The van der Waals surface area contributed by atoms with Crippen molar-refractivity contribution in [3.05, 3.63) is 0 Å². The van der Waals surface area contributed by atoms with Crippen molar-refractivity contribution in [3.8, 4) is 0 Å². The van der Waals surface area contributed by atoms with Gasteiger partial charge in [0.2, 0.25) is 0 Å². The first-order valence-electron chi connectivity index (χ1n) is 3.77. The van der Waals surface area contributed by atoms with Crippen molar-refractivity contribution < 1.29 is 23.4 Å². The van der Waals surface area contributed by atoms with Gasteiger partial charge in [0, 0.05) is 13.1 Å². The van der Waals surface area contributed by atoms with Gasteiger partial charge in [-0.2, -0.15) is 0 Å². The zero-order valence-electron chi connectivity index (χ0n) is 6.88. The van der Waals surface area contributed by atoms with Crippen LogP contribution in [0.2, 0.25) is 0 Å². The Kier molecular flexibility index (Phi) is 2.77. The molecule has 0 aromatic heterocycles. The average Bonchev–Trinajstić information content (AvgIpc) is 2.03. The Morgan fingerprint density at radius 3 is 2.62 bits per heavy atom. The molecule has 1 amide bonds. The minimum Gasteiger partial charge on any atom is -0.465 e. The molecule has 1 saturated heterocycles. The maximum atomic E-state index is 11.2. The summed E-state index contributed by atoms with van der Waals surface area (Å²) in [6, 6.07) is 0. The zero-order valence-corrected chi connectivity index (χ0v) is 7.70. The van der Waals surface area contributed by atoms with Gasteiger partial charge in [0.25, 0.3) is 0 Å². The fourth-order valence-electron chi connectivity index (χ4n) is 1.20. The van der Waals surface area contributed by atoms with Gasteiger partial charge in [-0.1, -0.05) is 0 Å². The van der Waals surface area contributed by atoms with Crippen LogP contribution in [0.4, 0.5) is 4.79 Å². The van der Waals surface area contributed by atoms with E-state index in [9.17, 15) is 13.2 Å². The average molecular weight is 209 g/mol. The van der Waals surface area contributed by atoms with E-state index < -0.39 is 27.8 Å². The molecule has 0 saturated carbocycles. The molecule has 0 radical (unpaired) electrons. The zero-order chi connectivity index (χ0) is 10.1. The fourth-order valence-corrected chi connectivity index (χ4v) is 2.64. The highest BCUT2D eigenvalue weighted by Crippen LogP contribution is 2.11. The highest BCUT2D eigenvalue weighted by Gasteiger charge is 2.34. The maximum Gasteiger partial charge on any atom is 0.407 e. The van der Waals surface area contributed by atoms with Gasteiger partial charge in [0.05, 0.1) is 12.4 Å². The molecule has 1 aliphatic rings. The van der Waals surface area contributed by atoms with Crippen LogP contribution in [0.1, 0.15) is 0 Å². The highest BCUT2D eigenvalue weighted by molar-refractivity contribution is 7.92. The van der Waals surface area contributed by atoms with E-state index in [1.165, 1.54) is 0 Å². The number of aliphatic hydroxyl groups excluding tert-OH is 1. The van der Waals surface area contributed by atoms with Gasteiger partial charge in [0.1, 0.15) is 5.25 Å². The van der Waals surface area contributed by atoms with Crippen LogP contribution in [-0.2, 0) is 9.84 Å². The molecule has 0 aromatic rings. The summed E-state index contributed by atoms with van der Waals surface area (Å²) in [4.78, 5) is 11.5. The minimum atomic E-state index is -3.30. The molecule has 6 nitrogen and oxygen atoms in total. The van der Waals surface area contributed by atoms with Crippen LogP contribution in [0.5, 0.6) is 0 Å². The lowest BCUT2D eigenvalue weighted by molar-refractivity contribution is 0.141. The Hall–Kier alpha value is -0.820. The molecule has 0 aliphatic carbocycles. The maximum absolute atomic E-state index is 11.2.